The Bertz CT molecular complexity index is 451. The summed E-state index contributed by atoms with van der Waals surface area (Å²) < 4.78 is 50.6. The minimum Gasteiger partial charge on any atom is -0.348 e. The van der Waals surface area contributed by atoms with Crippen LogP contribution in [0.4, 0.5) is 13.2 Å². The molecule has 1 aliphatic carbocycles. The molecule has 2 nitrogen and oxygen atoms in total. The van der Waals surface area contributed by atoms with Gasteiger partial charge in [0.05, 0.1) is 13.2 Å². The van der Waals surface area contributed by atoms with Crippen LogP contribution < -0.4 is 0 Å². The maximum atomic E-state index is 13.2. The van der Waals surface area contributed by atoms with E-state index in [0.29, 0.717) is 31.6 Å². The Kier molecular flexibility index (Phi) is 3.27. The van der Waals surface area contributed by atoms with Crippen LogP contribution in [0.1, 0.15) is 37.2 Å². The standard InChI is InChI=1S/C14H15F3O2/c15-11-7-10(8-12(16)13(11)17)9-1-3-14(4-2-9)18-5-6-19-14/h7-9H,1-6H2. The van der Waals surface area contributed by atoms with E-state index >= 15 is 0 Å². The van der Waals surface area contributed by atoms with Gasteiger partial charge in [0, 0.05) is 12.8 Å². The van der Waals surface area contributed by atoms with Gasteiger partial charge in [-0.05, 0) is 36.5 Å². The first-order chi connectivity index (χ1) is 9.10. The minimum absolute atomic E-state index is 0.0306. The van der Waals surface area contributed by atoms with Crippen molar-refractivity contribution in [1.29, 1.82) is 0 Å². The maximum absolute atomic E-state index is 13.2. The monoisotopic (exact) mass is 272 g/mol. The molecule has 1 aliphatic heterocycles. The molecule has 1 heterocycles. The van der Waals surface area contributed by atoms with E-state index in [0.717, 1.165) is 25.0 Å². The quantitative estimate of drug-likeness (QED) is 0.728. The lowest BCUT2D eigenvalue weighted by Crippen LogP contribution is -2.34. The SMILES string of the molecule is Fc1cc(C2CCC3(CC2)OCCO3)cc(F)c1F. The molecule has 0 amide bonds. The molecule has 2 aliphatic rings. The lowest BCUT2D eigenvalue weighted by Gasteiger charge is -2.35. The molecule has 5 heteroatoms. The van der Waals surface area contributed by atoms with Crippen LogP contribution in [0.2, 0.25) is 0 Å². The summed E-state index contributed by atoms with van der Waals surface area (Å²) in [5, 5.41) is 0. The summed E-state index contributed by atoms with van der Waals surface area (Å²) in [6.07, 6.45) is 2.87. The Morgan fingerprint density at radius 3 is 2.00 bits per heavy atom. The fourth-order valence-electron chi connectivity index (χ4n) is 2.99. The van der Waals surface area contributed by atoms with E-state index in [2.05, 4.69) is 0 Å². The topological polar surface area (TPSA) is 18.5 Å². The van der Waals surface area contributed by atoms with E-state index in [1.807, 2.05) is 0 Å². The van der Waals surface area contributed by atoms with Crippen LogP contribution in [0.3, 0.4) is 0 Å². The van der Waals surface area contributed by atoms with Gasteiger partial charge in [-0.2, -0.15) is 0 Å². The Hall–Kier alpha value is -1.07. The van der Waals surface area contributed by atoms with E-state index in [1.54, 1.807) is 0 Å². The lowest BCUT2D eigenvalue weighted by atomic mass is 9.81. The Balaban J connectivity index is 1.74. The highest BCUT2D eigenvalue weighted by Crippen LogP contribution is 2.42. The van der Waals surface area contributed by atoms with Gasteiger partial charge in [-0.15, -0.1) is 0 Å². The van der Waals surface area contributed by atoms with Crippen LogP contribution in [0.15, 0.2) is 12.1 Å². The third-order valence-corrected chi connectivity index (χ3v) is 4.04. The second-order valence-electron chi connectivity index (χ2n) is 5.18. The van der Waals surface area contributed by atoms with E-state index < -0.39 is 23.2 Å². The Morgan fingerprint density at radius 1 is 0.947 bits per heavy atom. The minimum atomic E-state index is -1.40. The molecule has 3 rings (SSSR count). The highest BCUT2D eigenvalue weighted by Gasteiger charge is 2.40. The predicted octanol–water partition coefficient (Wildman–Crippen LogP) is 3.50. The van der Waals surface area contributed by atoms with Crippen molar-refractivity contribution < 1.29 is 22.6 Å². The third-order valence-electron chi connectivity index (χ3n) is 4.04. The number of hydrogen-bond acceptors (Lipinski definition) is 2. The number of rotatable bonds is 1. The van der Waals surface area contributed by atoms with Gasteiger partial charge in [-0.1, -0.05) is 0 Å². The molecule has 1 spiro atoms. The summed E-state index contributed by atoms with van der Waals surface area (Å²) in [4.78, 5) is 0. The van der Waals surface area contributed by atoms with Crippen molar-refractivity contribution >= 4 is 0 Å². The summed E-state index contributed by atoms with van der Waals surface area (Å²) in [5.74, 6) is -4.11. The van der Waals surface area contributed by atoms with Gasteiger partial charge in [0.2, 0.25) is 0 Å². The summed E-state index contributed by atoms with van der Waals surface area (Å²) in [7, 11) is 0. The van der Waals surface area contributed by atoms with Crippen molar-refractivity contribution in [3.05, 3.63) is 35.1 Å². The van der Waals surface area contributed by atoms with Crippen LogP contribution in [0, 0.1) is 17.5 Å². The molecule has 1 saturated carbocycles. The summed E-state index contributed by atoms with van der Waals surface area (Å²) in [6, 6.07) is 2.19. The molecule has 19 heavy (non-hydrogen) atoms. The van der Waals surface area contributed by atoms with Gasteiger partial charge >= 0.3 is 0 Å². The highest BCUT2D eigenvalue weighted by molar-refractivity contribution is 5.23. The first-order valence-electron chi connectivity index (χ1n) is 6.52. The average molecular weight is 272 g/mol. The van der Waals surface area contributed by atoms with E-state index in [9.17, 15) is 13.2 Å². The second-order valence-corrected chi connectivity index (χ2v) is 5.18. The van der Waals surface area contributed by atoms with Gasteiger partial charge in [-0.25, -0.2) is 13.2 Å². The van der Waals surface area contributed by atoms with E-state index in [1.165, 1.54) is 0 Å². The number of hydrogen-bond donors (Lipinski definition) is 0. The summed E-state index contributed by atoms with van der Waals surface area (Å²) in [5.41, 5.74) is 0.518. The zero-order valence-corrected chi connectivity index (χ0v) is 10.4. The van der Waals surface area contributed by atoms with Gasteiger partial charge < -0.3 is 9.47 Å². The van der Waals surface area contributed by atoms with Crippen molar-refractivity contribution in [3.8, 4) is 0 Å². The van der Waals surface area contributed by atoms with Gasteiger partial charge in [0.15, 0.2) is 23.2 Å². The van der Waals surface area contributed by atoms with Crippen molar-refractivity contribution in [3.63, 3.8) is 0 Å². The number of ether oxygens (including phenoxy) is 2. The van der Waals surface area contributed by atoms with Gasteiger partial charge in [0.25, 0.3) is 0 Å². The average Bonchev–Trinajstić information content (AvgIpc) is 2.85. The van der Waals surface area contributed by atoms with Gasteiger partial charge in [0.1, 0.15) is 0 Å². The van der Waals surface area contributed by atoms with Crippen molar-refractivity contribution in [2.75, 3.05) is 13.2 Å². The lowest BCUT2D eigenvalue weighted by molar-refractivity contribution is -0.178. The second kappa shape index (κ2) is 4.80. The van der Waals surface area contributed by atoms with E-state index in [-0.39, 0.29) is 5.92 Å². The zero-order chi connectivity index (χ0) is 13.5. The third kappa shape index (κ3) is 2.37. The van der Waals surface area contributed by atoms with Crippen molar-refractivity contribution in [2.45, 2.75) is 37.4 Å². The molecule has 0 bridgehead atoms. The molecule has 0 atom stereocenters. The largest absolute Gasteiger partial charge is 0.348 e. The molecular formula is C14H15F3O2. The smallest absolute Gasteiger partial charge is 0.194 e. The van der Waals surface area contributed by atoms with Crippen molar-refractivity contribution in [1.82, 2.24) is 0 Å². The Labute approximate surface area is 109 Å². The number of halogens is 3. The molecule has 2 fully saturated rings. The molecule has 1 saturated heterocycles. The van der Waals surface area contributed by atoms with Crippen LogP contribution in [-0.2, 0) is 9.47 Å². The summed E-state index contributed by atoms with van der Waals surface area (Å²) in [6.45, 7) is 1.20. The molecule has 0 radical (unpaired) electrons. The maximum Gasteiger partial charge on any atom is 0.194 e. The zero-order valence-electron chi connectivity index (χ0n) is 10.4. The van der Waals surface area contributed by atoms with E-state index in [4.69, 9.17) is 9.47 Å². The molecular weight excluding hydrogens is 257 g/mol. The fraction of sp³-hybridized carbons (Fsp3) is 0.571. The normalized spacial score (nSPS) is 23.1. The van der Waals surface area contributed by atoms with Crippen LogP contribution in [-0.4, -0.2) is 19.0 Å². The molecule has 0 N–H and O–H groups in total. The fourth-order valence-corrected chi connectivity index (χ4v) is 2.99. The molecule has 104 valence electrons. The van der Waals surface area contributed by atoms with Crippen LogP contribution in [0.25, 0.3) is 0 Å². The highest BCUT2D eigenvalue weighted by atomic mass is 19.2. The first kappa shape index (κ1) is 12.9. The Morgan fingerprint density at radius 2 is 1.47 bits per heavy atom. The first-order valence-corrected chi connectivity index (χ1v) is 6.52. The predicted molar refractivity (Wildman–Crippen MR) is 62.2 cm³/mol. The van der Waals surface area contributed by atoms with Crippen LogP contribution in [0.5, 0.6) is 0 Å². The summed E-state index contributed by atoms with van der Waals surface area (Å²) >= 11 is 0. The molecule has 1 aromatic rings. The van der Waals surface area contributed by atoms with Gasteiger partial charge in [-0.3, -0.25) is 0 Å². The van der Waals surface area contributed by atoms with Crippen LogP contribution >= 0.6 is 0 Å². The van der Waals surface area contributed by atoms with Crippen molar-refractivity contribution in [2.24, 2.45) is 0 Å². The molecule has 0 unspecified atom stereocenters. The molecule has 1 aromatic carbocycles. The number of benzene rings is 1. The molecule has 0 aromatic heterocycles.